The van der Waals surface area contributed by atoms with E-state index in [0.717, 1.165) is 41.6 Å². The third kappa shape index (κ3) is 7.92. The van der Waals surface area contributed by atoms with Crippen molar-refractivity contribution >= 4 is 56.6 Å². The highest BCUT2D eigenvalue weighted by atomic mass is 35.5. The van der Waals surface area contributed by atoms with Crippen molar-refractivity contribution in [2.75, 3.05) is 19.0 Å². The van der Waals surface area contributed by atoms with Crippen molar-refractivity contribution in [3.05, 3.63) is 90.0 Å². The molecule has 4 aromatic rings. The molecule has 1 aliphatic carbocycles. The molecule has 3 aliphatic rings. The molecule has 11 nitrogen and oxygen atoms in total. The van der Waals surface area contributed by atoms with Gasteiger partial charge in [-0.15, -0.1) is 0 Å². The maximum atomic E-state index is 14.6. The number of fused-ring (bicyclic) bond motifs is 3. The molecule has 0 bridgehead atoms. The number of hydrogen-bond acceptors (Lipinski definition) is 9. The summed E-state index contributed by atoms with van der Waals surface area (Å²) in [5, 5.41) is 7.52. The Hall–Kier alpha value is -4.81. The molecule has 0 spiro atoms. The van der Waals surface area contributed by atoms with Gasteiger partial charge in [-0.25, -0.2) is 4.98 Å². The van der Waals surface area contributed by atoms with Crippen molar-refractivity contribution in [2.45, 2.75) is 68.7 Å². The summed E-state index contributed by atoms with van der Waals surface area (Å²) in [4.78, 5) is 54.5. The van der Waals surface area contributed by atoms with Crippen LogP contribution in [0.5, 0.6) is 16.7 Å². The standard InChI is InChI=1S/C38H40ClN5O6S/c1-48-28-15-10-12-26(20-28)40-31-16-9-4-2-3-6-11-24-22-38(24,36(47)43-50-27-13-7-5-8-14-27)42-34(45)32-21-29(23-44(32)35(31)46)49-37-41-30-18-17-25(39)19-33(30)51-37/h5-8,10-15,17-20,24,29,31-32,40H,2-4,9,16,21-23H2,1H3,(H,42,45)(H,43,47)/b11-6-/t24-,29+,31-,32-,38+/m0/s1. The van der Waals surface area contributed by atoms with E-state index in [1.54, 1.807) is 42.3 Å². The molecule has 0 radical (unpaired) electrons. The number of nitrogens with one attached hydrogen (secondary N) is 3. The minimum Gasteiger partial charge on any atom is -0.497 e. The maximum Gasteiger partial charge on any atom is 0.278 e. The minimum absolute atomic E-state index is 0.170. The van der Waals surface area contributed by atoms with E-state index in [9.17, 15) is 14.4 Å². The number of allylic oxidation sites excluding steroid dienone is 1. The van der Waals surface area contributed by atoms with Crippen molar-refractivity contribution in [3.8, 4) is 16.7 Å². The fraction of sp³-hybridized carbons (Fsp3) is 0.368. The van der Waals surface area contributed by atoms with Gasteiger partial charge in [-0.05, 0) is 68.1 Å². The van der Waals surface area contributed by atoms with E-state index >= 15 is 0 Å². The number of carbonyl (C=O) groups is 3. The Labute approximate surface area is 305 Å². The Kier molecular flexibility index (Phi) is 10.3. The number of halogens is 1. The minimum atomic E-state index is -1.22. The van der Waals surface area contributed by atoms with Gasteiger partial charge < -0.3 is 29.8 Å². The van der Waals surface area contributed by atoms with Gasteiger partial charge in [-0.2, -0.15) is 5.48 Å². The van der Waals surface area contributed by atoms with E-state index in [2.05, 4.69) is 27.2 Å². The second kappa shape index (κ2) is 15.2. The molecule has 3 amide bonds. The second-order valence-corrected chi connectivity index (χ2v) is 14.6. The molecule has 7 rings (SSSR count). The average Bonchev–Trinajstić information content (AvgIpc) is 3.44. The highest BCUT2D eigenvalue weighted by molar-refractivity contribution is 7.20. The van der Waals surface area contributed by atoms with E-state index in [1.807, 2.05) is 48.5 Å². The molecular weight excluding hydrogens is 690 g/mol. The number of ether oxygens (including phenoxy) is 2. The monoisotopic (exact) mass is 729 g/mol. The lowest BCUT2D eigenvalue weighted by molar-refractivity contribution is -0.141. The number of amides is 3. The molecule has 5 atom stereocenters. The van der Waals surface area contributed by atoms with Crippen LogP contribution in [0.3, 0.4) is 0 Å². The zero-order valence-electron chi connectivity index (χ0n) is 28.2. The van der Waals surface area contributed by atoms with Gasteiger partial charge in [0.2, 0.25) is 11.8 Å². The molecule has 3 N–H and O–H groups in total. The molecule has 1 saturated carbocycles. The van der Waals surface area contributed by atoms with Gasteiger partial charge in [0.15, 0.2) is 5.75 Å². The Balaban J connectivity index is 1.17. The first-order chi connectivity index (χ1) is 24.8. The Morgan fingerprint density at radius 1 is 1.04 bits per heavy atom. The van der Waals surface area contributed by atoms with Gasteiger partial charge in [0.05, 0.1) is 23.9 Å². The van der Waals surface area contributed by atoms with E-state index < -0.39 is 35.5 Å². The number of carbonyl (C=O) groups excluding carboxylic acids is 3. The van der Waals surface area contributed by atoms with Crippen LogP contribution in [-0.4, -0.2) is 65.0 Å². The van der Waals surface area contributed by atoms with Crippen LogP contribution in [0.25, 0.3) is 10.2 Å². The van der Waals surface area contributed by atoms with E-state index in [1.165, 1.54) is 11.3 Å². The lowest BCUT2D eigenvalue weighted by atomic mass is 10.0. The molecule has 266 valence electrons. The number of methoxy groups -OCH3 is 1. The summed E-state index contributed by atoms with van der Waals surface area (Å²) in [7, 11) is 1.60. The van der Waals surface area contributed by atoms with Crippen LogP contribution in [0.1, 0.15) is 44.9 Å². The summed E-state index contributed by atoms with van der Waals surface area (Å²) in [6, 6.07) is 20.3. The number of para-hydroxylation sites is 1. The van der Waals surface area contributed by atoms with E-state index in [-0.39, 0.29) is 24.8 Å². The summed E-state index contributed by atoms with van der Waals surface area (Å²) >= 11 is 7.57. The first kappa shape index (κ1) is 34.6. The lowest BCUT2D eigenvalue weighted by Gasteiger charge is -2.30. The first-order valence-electron chi connectivity index (χ1n) is 17.3. The molecule has 3 heterocycles. The topological polar surface area (TPSA) is 131 Å². The first-order valence-corrected chi connectivity index (χ1v) is 18.5. The van der Waals surface area contributed by atoms with Crippen LogP contribution in [0, 0.1) is 5.92 Å². The fourth-order valence-electron chi connectivity index (χ4n) is 6.83. The van der Waals surface area contributed by atoms with Crippen LogP contribution >= 0.6 is 22.9 Å². The number of nitrogens with zero attached hydrogens (tertiary/aromatic N) is 2. The van der Waals surface area contributed by atoms with Crippen LogP contribution in [-0.2, 0) is 14.4 Å². The Morgan fingerprint density at radius 2 is 1.88 bits per heavy atom. The summed E-state index contributed by atoms with van der Waals surface area (Å²) in [5.41, 5.74) is 2.83. The molecule has 0 unspecified atom stereocenters. The highest BCUT2D eigenvalue weighted by Gasteiger charge is 2.61. The lowest BCUT2D eigenvalue weighted by Crippen LogP contribution is -2.57. The van der Waals surface area contributed by atoms with Crippen LogP contribution in [0.4, 0.5) is 5.69 Å². The quantitative estimate of drug-likeness (QED) is 0.143. The number of aromatic nitrogens is 1. The van der Waals surface area contributed by atoms with E-state index in [0.29, 0.717) is 34.6 Å². The molecule has 1 saturated heterocycles. The number of rotatable bonds is 8. The molecule has 1 aromatic heterocycles. The normalized spacial score (nSPS) is 25.7. The third-order valence-electron chi connectivity index (χ3n) is 9.66. The maximum absolute atomic E-state index is 14.6. The Morgan fingerprint density at radius 3 is 2.73 bits per heavy atom. The van der Waals surface area contributed by atoms with Crippen molar-refractivity contribution < 1.29 is 28.7 Å². The van der Waals surface area contributed by atoms with Crippen molar-refractivity contribution in [3.63, 3.8) is 0 Å². The van der Waals surface area contributed by atoms with Crippen molar-refractivity contribution in [2.24, 2.45) is 5.92 Å². The summed E-state index contributed by atoms with van der Waals surface area (Å²) in [6.45, 7) is 0.170. The predicted molar refractivity (Wildman–Crippen MR) is 196 cm³/mol. The number of thiazole rings is 1. The number of anilines is 1. The van der Waals surface area contributed by atoms with Gasteiger partial charge in [0.1, 0.15) is 29.5 Å². The van der Waals surface area contributed by atoms with Gasteiger partial charge in [0, 0.05) is 29.1 Å². The fourth-order valence-corrected chi connectivity index (χ4v) is 7.99. The van der Waals surface area contributed by atoms with Gasteiger partial charge in [0.25, 0.3) is 11.1 Å². The highest BCUT2D eigenvalue weighted by Crippen LogP contribution is 2.45. The number of hydroxylamine groups is 1. The molecule has 2 fully saturated rings. The predicted octanol–water partition coefficient (Wildman–Crippen LogP) is 6.29. The molecule has 2 aliphatic heterocycles. The van der Waals surface area contributed by atoms with Crippen LogP contribution < -0.4 is 30.4 Å². The van der Waals surface area contributed by atoms with Gasteiger partial charge >= 0.3 is 0 Å². The summed E-state index contributed by atoms with van der Waals surface area (Å²) in [5.74, 6) is -0.178. The summed E-state index contributed by atoms with van der Waals surface area (Å²) < 4.78 is 12.7. The molecule has 3 aromatic carbocycles. The average molecular weight is 730 g/mol. The van der Waals surface area contributed by atoms with Gasteiger partial charge in [-0.1, -0.05) is 72.2 Å². The Bertz CT molecular complexity index is 1920. The van der Waals surface area contributed by atoms with Crippen molar-refractivity contribution in [1.29, 1.82) is 0 Å². The zero-order chi connectivity index (χ0) is 35.4. The van der Waals surface area contributed by atoms with Crippen molar-refractivity contribution in [1.82, 2.24) is 20.7 Å². The van der Waals surface area contributed by atoms with Crippen LogP contribution in [0.15, 0.2) is 84.9 Å². The molecule has 51 heavy (non-hydrogen) atoms. The third-order valence-corrected chi connectivity index (χ3v) is 10.8. The van der Waals surface area contributed by atoms with Crippen LogP contribution in [0.2, 0.25) is 5.02 Å². The largest absolute Gasteiger partial charge is 0.497 e. The molecular formula is C38H40ClN5O6S. The summed E-state index contributed by atoms with van der Waals surface area (Å²) in [6.07, 6.45) is 8.27. The number of benzene rings is 3. The molecule has 13 heteroatoms. The van der Waals surface area contributed by atoms with E-state index in [4.69, 9.17) is 25.9 Å². The second-order valence-electron chi connectivity index (χ2n) is 13.2. The number of hydrogen-bond donors (Lipinski definition) is 3. The zero-order valence-corrected chi connectivity index (χ0v) is 29.8. The SMILES string of the molecule is COc1cccc(N[C@H]2CCCCC/C=C\[C@H]3C[C@@]3(C(=O)NOc3ccccc3)NC(=O)[C@@H]3C[C@@H](Oc4nc5ccc(Cl)cc5s4)CN3C2=O)c1. The smallest absolute Gasteiger partial charge is 0.278 e. The van der Waals surface area contributed by atoms with Gasteiger partial charge in [-0.3, -0.25) is 14.4 Å².